The van der Waals surface area contributed by atoms with E-state index in [1.807, 2.05) is 0 Å². The fourth-order valence-corrected chi connectivity index (χ4v) is 2.21. The Bertz CT molecular complexity index is 352. The molecule has 0 bridgehead atoms. The van der Waals surface area contributed by atoms with E-state index in [1.54, 1.807) is 0 Å². The molecule has 116 valence electrons. The Morgan fingerprint density at radius 1 is 1.25 bits per heavy atom. The van der Waals surface area contributed by atoms with Crippen molar-refractivity contribution in [3.63, 3.8) is 0 Å². The normalized spacial score (nSPS) is 22.8. The van der Waals surface area contributed by atoms with E-state index in [0.29, 0.717) is 19.3 Å². The first-order valence-electron chi connectivity index (χ1n) is 6.57. The molecular formula is C12H19F3N2O3. The van der Waals surface area contributed by atoms with Gasteiger partial charge in [-0.05, 0) is 25.8 Å². The minimum Gasteiger partial charge on any atom is -0.481 e. The summed E-state index contributed by atoms with van der Waals surface area (Å²) in [7, 11) is 0. The van der Waals surface area contributed by atoms with Crippen molar-refractivity contribution in [3.05, 3.63) is 0 Å². The molecule has 1 aliphatic heterocycles. The fourth-order valence-electron chi connectivity index (χ4n) is 2.21. The van der Waals surface area contributed by atoms with E-state index < -0.39 is 23.5 Å². The second-order valence-corrected chi connectivity index (χ2v) is 4.97. The Balaban J connectivity index is 2.35. The summed E-state index contributed by atoms with van der Waals surface area (Å²) in [5.41, 5.74) is -2.33. The fraction of sp³-hybridized carbons (Fsp3) is 0.833. The number of carboxylic acid groups (broad SMARTS) is 1. The molecule has 0 aromatic heterocycles. The van der Waals surface area contributed by atoms with Gasteiger partial charge < -0.3 is 15.7 Å². The van der Waals surface area contributed by atoms with Gasteiger partial charge in [-0.25, -0.2) is 0 Å². The van der Waals surface area contributed by atoms with E-state index in [0.717, 1.165) is 0 Å². The SMILES string of the molecule is O=C(O)CCCCCNC(=O)C1(C(F)(F)F)CCNC1. The van der Waals surface area contributed by atoms with E-state index >= 15 is 0 Å². The molecule has 1 atom stereocenters. The molecule has 1 unspecified atom stereocenters. The molecule has 8 heteroatoms. The zero-order valence-corrected chi connectivity index (χ0v) is 11.1. The standard InChI is InChI=1S/C12H19F3N2O3/c13-12(14,15)11(5-7-16-8-11)10(20)17-6-3-1-2-4-9(18)19/h16H,1-8H2,(H,17,20)(H,18,19). The Kier molecular flexibility index (Phi) is 5.79. The van der Waals surface area contributed by atoms with Crippen molar-refractivity contribution < 1.29 is 27.9 Å². The Morgan fingerprint density at radius 3 is 2.45 bits per heavy atom. The van der Waals surface area contributed by atoms with Crippen LogP contribution in [0.4, 0.5) is 13.2 Å². The number of hydrogen-bond acceptors (Lipinski definition) is 3. The number of carbonyl (C=O) groups is 2. The van der Waals surface area contributed by atoms with Crippen molar-refractivity contribution in [3.8, 4) is 0 Å². The minimum atomic E-state index is -4.57. The van der Waals surface area contributed by atoms with Crippen molar-refractivity contribution in [1.82, 2.24) is 10.6 Å². The number of hydrogen-bond donors (Lipinski definition) is 3. The monoisotopic (exact) mass is 296 g/mol. The Morgan fingerprint density at radius 2 is 1.95 bits per heavy atom. The molecule has 0 spiro atoms. The van der Waals surface area contributed by atoms with Crippen LogP contribution in [0.3, 0.4) is 0 Å². The lowest BCUT2D eigenvalue weighted by Gasteiger charge is -2.29. The average Bonchev–Trinajstić information content (AvgIpc) is 2.82. The van der Waals surface area contributed by atoms with Crippen molar-refractivity contribution >= 4 is 11.9 Å². The molecule has 0 aromatic rings. The van der Waals surface area contributed by atoms with Gasteiger partial charge in [0.1, 0.15) is 0 Å². The highest BCUT2D eigenvalue weighted by Gasteiger charge is 2.61. The summed E-state index contributed by atoms with van der Waals surface area (Å²) in [6.45, 7) is -0.0802. The quantitative estimate of drug-likeness (QED) is 0.619. The van der Waals surface area contributed by atoms with Crippen LogP contribution in [-0.4, -0.2) is 42.8 Å². The van der Waals surface area contributed by atoms with Gasteiger partial charge in [-0.15, -0.1) is 0 Å². The molecule has 1 saturated heterocycles. The van der Waals surface area contributed by atoms with E-state index in [1.165, 1.54) is 0 Å². The number of rotatable bonds is 7. The van der Waals surface area contributed by atoms with Crippen LogP contribution in [0.1, 0.15) is 32.1 Å². The number of alkyl halides is 3. The van der Waals surface area contributed by atoms with Gasteiger partial charge in [0.05, 0.1) is 0 Å². The van der Waals surface area contributed by atoms with Gasteiger partial charge in [0.25, 0.3) is 0 Å². The smallest absolute Gasteiger partial charge is 0.404 e. The Labute approximate surface area is 114 Å². The van der Waals surface area contributed by atoms with Gasteiger partial charge in [0, 0.05) is 19.5 Å². The Hall–Kier alpha value is -1.31. The maximum Gasteiger partial charge on any atom is 0.404 e. The van der Waals surface area contributed by atoms with Gasteiger partial charge in [-0.2, -0.15) is 13.2 Å². The third-order valence-electron chi connectivity index (χ3n) is 3.49. The lowest BCUT2D eigenvalue weighted by molar-refractivity contribution is -0.216. The van der Waals surface area contributed by atoms with Crippen LogP contribution in [0.15, 0.2) is 0 Å². The molecule has 1 fully saturated rings. The summed E-state index contributed by atoms with van der Waals surface area (Å²) in [5, 5.41) is 13.3. The molecule has 0 radical (unpaired) electrons. The predicted molar refractivity (Wildman–Crippen MR) is 65.1 cm³/mol. The molecular weight excluding hydrogens is 277 g/mol. The van der Waals surface area contributed by atoms with Crippen LogP contribution in [-0.2, 0) is 9.59 Å². The zero-order chi connectivity index (χ0) is 15.2. The molecule has 1 amide bonds. The minimum absolute atomic E-state index is 0.0321. The molecule has 3 N–H and O–H groups in total. The first kappa shape index (κ1) is 16.7. The number of aliphatic carboxylic acids is 1. The van der Waals surface area contributed by atoms with Crippen LogP contribution >= 0.6 is 0 Å². The molecule has 0 saturated carbocycles. The first-order valence-corrected chi connectivity index (χ1v) is 6.57. The predicted octanol–water partition coefficient (Wildman–Crippen LogP) is 1.29. The van der Waals surface area contributed by atoms with Gasteiger partial charge in [0.15, 0.2) is 5.41 Å². The third-order valence-corrected chi connectivity index (χ3v) is 3.49. The highest BCUT2D eigenvalue weighted by Crippen LogP contribution is 2.43. The van der Waals surface area contributed by atoms with E-state index in [-0.39, 0.29) is 32.5 Å². The van der Waals surface area contributed by atoms with Crippen LogP contribution in [0, 0.1) is 5.41 Å². The maximum atomic E-state index is 13.0. The highest BCUT2D eigenvalue weighted by molar-refractivity contribution is 5.84. The molecule has 1 heterocycles. The zero-order valence-electron chi connectivity index (χ0n) is 11.1. The van der Waals surface area contributed by atoms with Gasteiger partial charge >= 0.3 is 12.1 Å². The van der Waals surface area contributed by atoms with Crippen LogP contribution in [0.25, 0.3) is 0 Å². The summed E-state index contributed by atoms with van der Waals surface area (Å²) in [6.07, 6.45) is -3.29. The summed E-state index contributed by atoms with van der Waals surface area (Å²) < 4.78 is 39.1. The lowest BCUT2D eigenvalue weighted by atomic mass is 9.85. The van der Waals surface area contributed by atoms with Crippen molar-refractivity contribution in [2.75, 3.05) is 19.6 Å². The van der Waals surface area contributed by atoms with E-state index in [9.17, 15) is 22.8 Å². The summed E-state index contributed by atoms with van der Waals surface area (Å²) in [4.78, 5) is 22.1. The summed E-state index contributed by atoms with van der Waals surface area (Å²) in [6, 6.07) is 0. The van der Waals surface area contributed by atoms with Crippen molar-refractivity contribution in [2.24, 2.45) is 5.41 Å². The summed E-state index contributed by atoms with van der Waals surface area (Å²) >= 11 is 0. The lowest BCUT2D eigenvalue weighted by Crippen LogP contribution is -2.52. The van der Waals surface area contributed by atoms with Gasteiger partial charge in [-0.1, -0.05) is 6.42 Å². The van der Waals surface area contributed by atoms with Crippen LogP contribution in [0.5, 0.6) is 0 Å². The second-order valence-electron chi connectivity index (χ2n) is 4.97. The largest absolute Gasteiger partial charge is 0.481 e. The molecule has 0 aliphatic carbocycles. The highest BCUT2D eigenvalue weighted by atomic mass is 19.4. The molecule has 20 heavy (non-hydrogen) atoms. The van der Waals surface area contributed by atoms with Crippen molar-refractivity contribution in [2.45, 2.75) is 38.3 Å². The molecule has 5 nitrogen and oxygen atoms in total. The number of carbonyl (C=O) groups excluding carboxylic acids is 1. The number of amides is 1. The maximum absolute atomic E-state index is 13.0. The topological polar surface area (TPSA) is 78.4 Å². The molecule has 1 aliphatic rings. The first-order chi connectivity index (χ1) is 9.29. The number of unbranched alkanes of at least 4 members (excludes halogenated alkanes) is 2. The second kappa shape index (κ2) is 6.92. The van der Waals surface area contributed by atoms with Gasteiger partial charge in [0.2, 0.25) is 5.91 Å². The number of nitrogens with one attached hydrogen (secondary N) is 2. The van der Waals surface area contributed by atoms with E-state index in [2.05, 4.69) is 10.6 Å². The molecule has 0 aromatic carbocycles. The number of halogens is 3. The summed E-state index contributed by atoms with van der Waals surface area (Å²) in [5.74, 6) is -1.89. The van der Waals surface area contributed by atoms with Crippen LogP contribution in [0.2, 0.25) is 0 Å². The van der Waals surface area contributed by atoms with Crippen molar-refractivity contribution in [1.29, 1.82) is 0 Å². The number of carboxylic acids is 1. The third kappa shape index (κ3) is 4.09. The van der Waals surface area contributed by atoms with Gasteiger partial charge in [-0.3, -0.25) is 9.59 Å². The van der Waals surface area contributed by atoms with Crippen LogP contribution < -0.4 is 10.6 Å². The average molecular weight is 296 g/mol. The van der Waals surface area contributed by atoms with E-state index in [4.69, 9.17) is 5.11 Å². The molecule has 1 rings (SSSR count).